The van der Waals surface area contributed by atoms with E-state index in [1.54, 1.807) is 32.3 Å². The molecule has 0 heterocycles. The van der Waals surface area contributed by atoms with Crippen molar-refractivity contribution in [3.05, 3.63) is 35.4 Å². The van der Waals surface area contributed by atoms with Gasteiger partial charge < -0.3 is 10.2 Å². The van der Waals surface area contributed by atoms with Gasteiger partial charge in [-0.25, -0.2) is 0 Å². The lowest BCUT2D eigenvalue weighted by Gasteiger charge is -2.14. The van der Waals surface area contributed by atoms with E-state index < -0.39 is 10.8 Å². The van der Waals surface area contributed by atoms with Gasteiger partial charge in [0.25, 0.3) is 5.91 Å². The predicted octanol–water partition coefficient (Wildman–Crippen LogP) is 1.94. The summed E-state index contributed by atoms with van der Waals surface area (Å²) in [5.41, 5.74) is 1.36. The fourth-order valence-corrected chi connectivity index (χ4v) is 3.23. The van der Waals surface area contributed by atoms with Crippen molar-refractivity contribution >= 4 is 22.6 Å². The molecule has 2 amide bonds. The lowest BCUT2D eigenvalue weighted by atomic mass is 10.1. The second-order valence-corrected chi connectivity index (χ2v) is 7.17. The Balaban J connectivity index is 2.62. The Bertz CT molecular complexity index is 569. The molecule has 1 N–H and O–H groups in total. The van der Waals surface area contributed by atoms with Gasteiger partial charge in [0, 0.05) is 42.3 Å². The van der Waals surface area contributed by atoms with E-state index in [4.69, 9.17) is 0 Å². The van der Waals surface area contributed by atoms with Gasteiger partial charge in [0.2, 0.25) is 5.91 Å². The standard InChI is InChI=1S/C17H26N2O3S/c1-5-15(6-2)18-16(20)12-23(22)11-13-8-7-9-14(10-13)17(21)19(3)4/h7-10,15H,5-6,11-12H2,1-4H3,(H,18,20)/t23-/m0/s1. The largest absolute Gasteiger partial charge is 0.353 e. The van der Waals surface area contributed by atoms with Gasteiger partial charge in [-0.15, -0.1) is 0 Å². The number of hydrogen-bond acceptors (Lipinski definition) is 3. The maximum absolute atomic E-state index is 12.2. The minimum Gasteiger partial charge on any atom is -0.353 e. The van der Waals surface area contributed by atoms with Crippen molar-refractivity contribution in [1.29, 1.82) is 0 Å². The monoisotopic (exact) mass is 338 g/mol. The molecule has 1 aromatic rings. The van der Waals surface area contributed by atoms with Gasteiger partial charge in [0.05, 0.1) is 0 Å². The van der Waals surface area contributed by atoms with Gasteiger partial charge in [-0.05, 0) is 30.5 Å². The van der Waals surface area contributed by atoms with E-state index >= 15 is 0 Å². The van der Waals surface area contributed by atoms with E-state index in [1.807, 2.05) is 19.9 Å². The summed E-state index contributed by atoms with van der Waals surface area (Å²) in [5, 5.41) is 2.88. The van der Waals surface area contributed by atoms with E-state index in [9.17, 15) is 13.8 Å². The van der Waals surface area contributed by atoms with Gasteiger partial charge in [-0.2, -0.15) is 0 Å². The van der Waals surface area contributed by atoms with Crippen LogP contribution in [-0.4, -0.2) is 46.8 Å². The zero-order chi connectivity index (χ0) is 17.4. The highest BCUT2D eigenvalue weighted by Gasteiger charge is 2.13. The molecular weight excluding hydrogens is 312 g/mol. The highest BCUT2D eigenvalue weighted by atomic mass is 32.2. The van der Waals surface area contributed by atoms with Crippen molar-refractivity contribution in [3.63, 3.8) is 0 Å². The van der Waals surface area contributed by atoms with Crippen LogP contribution in [0, 0.1) is 0 Å². The molecule has 0 aliphatic carbocycles. The van der Waals surface area contributed by atoms with Gasteiger partial charge >= 0.3 is 0 Å². The van der Waals surface area contributed by atoms with Gasteiger partial charge in [-0.3, -0.25) is 13.8 Å². The summed E-state index contributed by atoms with van der Waals surface area (Å²) in [4.78, 5) is 25.3. The maximum atomic E-state index is 12.2. The quantitative estimate of drug-likeness (QED) is 0.788. The second-order valence-electron chi connectivity index (χ2n) is 5.71. The first-order valence-corrected chi connectivity index (χ1v) is 9.31. The summed E-state index contributed by atoms with van der Waals surface area (Å²) in [6.07, 6.45) is 1.73. The Kier molecular flexibility index (Phi) is 7.95. The molecule has 1 atom stereocenters. The van der Waals surface area contributed by atoms with Gasteiger partial charge in [0.1, 0.15) is 5.75 Å². The van der Waals surface area contributed by atoms with Crippen LogP contribution in [-0.2, 0) is 21.3 Å². The minimum absolute atomic E-state index is 0.0116. The third-order valence-corrected chi connectivity index (χ3v) is 4.79. The third-order valence-electron chi connectivity index (χ3n) is 3.55. The average Bonchev–Trinajstić information content (AvgIpc) is 2.51. The Hall–Kier alpha value is -1.69. The van der Waals surface area contributed by atoms with Crippen LogP contribution in [0.1, 0.15) is 42.6 Å². The topological polar surface area (TPSA) is 66.5 Å². The van der Waals surface area contributed by atoms with Crippen molar-refractivity contribution in [3.8, 4) is 0 Å². The number of rotatable bonds is 8. The molecule has 0 saturated heterocycles. The van der Waals surface area contributed by atoms with Gasteiger partial charge in [0.15, 0.2) is 0 Å². The normalized spacial score (nSPS) is 12.0. The number of carbonyl (C=O) groups excluding carboxylic acids is 2. The molecule has 0 aliphatic heterocycles. The fourth-order valence-electron chi connectivity index (χ4n) is 2.20. The van der Waals surface area contributed by atoms with Crippen LogP contribution in [0.25, 0.3) is 0 Å². The second kappa shape index (κ2) is 9.45. The number of hydrogen-bond donors (Lipinski definition) is 1. The smallest absolute Gasteiger partial charge is 0.253 e. The molecule has 0 aromatic heterocycles. The van der Waals surface area contributed by atoms with E-state index in [-0.39, 0.29) is 29.4 Å². The SMILES string of the molecule is CCC(CC)NC(=O)C[S@@](=O)Cc1cccc(C(=O)N(C)C)c1. The Morgan fingerprint density at radius 3 is 2.43 bits per heavy atom. The van der Waals surface area contributed by atoms with E-state index in [0.717, 1.165) is 18.4 Å². The molecule has 23 heavy (non-hydrogen) atoms. The number of benzene rings is 1. The van der Waals surface area contributed by atoms with Crippen LogP contribution in [0.5, 0.6) is 0 Å². The zero-order valence-corrected chi connectivity index (χ0v) is 15.1. The van der Waals surface area contributed by atoms with E-state index in [1.165, 1.54) is 4.90 Å². The van der Waals surface area contributed by atoms with Crippen LogP contribution >= 0.6 is 0 Å². The molecule has 0 bridgehead atoms. The molecule has 0 saturated carbocycles. The molecule has 6 heteroatoms. The molecule has 0 fully saturated rings. The fraction of sp³-hybridized carbons (Fsp3) is 0.529. The molecule has 0 unspecified atom stereocenters. The first-order chi connectivity index (χ1) is 10.9. The highest BCUT2D eigenvalue weighted by Crippen LogP contribution is 2.10. The van der Waals surface area contributed by atoms with Crippen LogP contribution in [0.4, 0.5) is 0 Å². The van der Waals surface area contributed by atoms with Gasteiger partial charge in [-0.1, -0.05) is 26.0 Å². The Labute approximate surface area is 140 Å². The van der Waals surface area contributed by atoms with Crippen LogP contribution in [0.2, 0.25) is 0 Å². The highest BCUT2D eigenvalue weighted by molar-refractivity contribution is 7.84. The van der Waals surface area contributed by atoms with Crippen molar-refractivity contribution in [2.75, 3.05) is 19.8 Å². The van der Waals surface area contributed by atoms with Crippen LogP contribution < -0.4 is 5.32 Å². The summed E-state index contributed by atoms with van der Waals surface area (Å²) in [6, 6.07) is 7.20. The minimum atomic E-state index is -1.29. The number of carbonyl (C=O) groups is 2. The van der Waals surface area contributed by atoms with Crippen molar-refractivity contribution < 1.29 is 13.8 Å². The molecule has 1 aromatic carbocycles. The lowest BCUT2D eigenvalue weighted by molar-refractivity contribution is -0.119. The maximum Gasteiger partial charge on any atom is 0.253 e. The van der Waals surface area contributed by atoms with Crippen molar-refractivity contribution in [1.82, 2.24) is 10.2 Å². The van der Waals surface area contributed by atoms with Crippen molar-refractivity contribution in [2.24, 2.45) is 0 Å². The molecule has 5 nitrogen and oxygen atoms in total. The summed E-state index contributed by atoms with van der Waals surface area (Å²) >= 11 is 0. The molecular formula is C17H26N2O3S. The Morgan fingerprint density at radius 1 is 1.22 bits per heavy atom. The first-order valence-electron chi connectivity index (χ1n) is 7.82. The summed E-state index contributed by atoms with van der Waals surface area (Å²) < 4.78 is 12.2. The lowest BCUT2D eigenvalue weighted by Crippen LogP contribution is -2.36. The average molecular weight is 338 g/mol. The summed E-state index contributed by atoms with van der Waals surface area (Å²) in [7, 11) is 2.09. The van der Waals surface area contributed by atoms with Crippen molar-refractivity contribution in [2.45, 2.75) is 38.5 Å². The first kappa shape index (κ1) is 19.4. The molecule has 0 spiro atoms. The third kappa shape index (κ3) is 6.52. The van der Waals surface area contributed by atoms with E-state index in [0.29, 0.717) is 5.56 Å². The number of amides is 2. The summed E-state index contributed by atoms with van der Waals surface area (Å²) in [5.74, 6) is -0.0191. The molecule has 0 aliphatic rings. The predicted molar refractivity (Wildman–Crippen MR) is 93.7 cm³/mol. The molecule has 1 rings (SSSR count). The number of nitrogens with zero attached hydrogens (tertiary/aromatic N) is 1. The summed E-state index contributed by atoms with van der Waals surface area (Å²) in [6.45, 7) is 4.03. The number of nitrogens with one attached hydrogen (secondary N) is 1. The zero-order valence-electron chi connectivity index (χ0n) is 14.3. The molecule has 0 radical (unpaired) electrons. The van der Waals surface area contributed by atoms with Crippen LogP contribution in [0.3, 0.4) is 0 Å². The molecule has 128 valence electrons. The van der Waals surface area contributed by atoms with Crippen LogP contribution in [0.15, 0.2) is 24.3 Å². The Morgan fingerprint density at radius 2 is 1.87 bits per heavy atom. The van der Waals surface area contributed by atoms with E-state index in [2.05, 4.69) is 5.32 Å².